The molecule has 0 fully saturated rings. The molecule has 0 aliphatic carbocycles. The SMILES string of the molecule is CCc1ccccc1Nc1nc(C)c(C(=O)NCc2ccccc2OC)s1. The molecule has 27 heavy (non-hydrogen) atoms. The number of thiazole rings is 1. The van der Waals surface area contributed by atoms with Gasteiger partial charge in [0.15, 0.2) is 5.13 Å². The van der Waals surface area contributed by atoms with Crippen LogP contribution in [0, 0.1) is 6.92 Å². The number of carbonyl (C=O) groups excluding carboxylic acids is 1. The number of methoxy groups -OCH3 is 1. The summed E-state index contributed by atoms with van der Waals surface area (Å²) in [5, 5.41) is 7.01. The Hall–Kier alpha value is -2.86. The Morgan fingerprint density at radius 1 is 1.11 bits per heavy atom. The molecule has 1 amide bonds. The van der Waals surface area contributed by atoms with Crippen molar-refractivity contribution in [3.63, 3.8) is 0 Å². The first-order valence-corrected chi connectivity index (χ1v) is 9.66. The number of aromatic nitrogens is 1. The molecule has 0 atom stereocenters. The molecule has 2 N–H and O–H groups in total. The number of hydrogen-bond acceptors (Lipinski definition) is 5. The van der Waals surface area contributed by atoms with Crippen LogP contribution in [0.4, 0.5) is 10.8 Å². The maximum absolute atomic E-state index is 12.6. The van der Waals surface area contributed by atoms with Gasteiger partial charge in [0.05, 0.1) is 12.8 Å². The summed E-state index contributed by atoms with van der Waals surface area (Å²) >= 11 is 1.36. The zero-order valence-corrected chi connectivity index (χ0v) is 16.5. The average molecular weight is 382 g/mol. The van der Waals surface area contributed by atoms with Crippen LogP contribution in [-0.4, -0.2) is 18.0 Å². The van der Waals surface area contributed by atoms with Gasteiger partial charge < -0.3 is 15.4 Å². The molecule has 140 valence electrons. The lowest BCUT2D eigenvalue weighted by Gasteiger charge is -2.09. The van der Waals surface area contributed by atoms with Gasteiger partial charge in [-0.2, -0.15) is 0 Å². The van der Waals surface area contributed by atoms with E-state index in [9.17, 15) is 4.79 Å². The standard InChI is InChI=1S/C21H23N3O2S/c1-4-15-9-5-7-11-17(15)24-21-23-14(2)19(27-21)20(25)22-13-16-10-6-8-12-18(16)26-3/h5-12H,4,13H2,1-3H3,(H,22,25)(H,23,24). The number of hydrogen-bond donors (Lipinski definition) is 2. The first-order chi connectivity index (χ1) is 13.1. The number of para-hydroxylation sites is 2. The molecule has 0 spiro atoms. The minimum atomic E-state index is -0.132. The predicted octanol–water partition coefficient (Wildman–Crippen LogP) is 4.70. The topological polar surface area (TPSA) is 63.2 Å². The van der Waals surface area contributed by atoms with E-state index in [0.29, 0.717) is 17.1 Å². The van der Waals surface area contributed by atoms with Gasteiger partial charge in [-0.1, -0.05) is 54.7 Å². The fourth-order valence-corrected chi connectivity index (χ4v) is 3.73. The van der Waals surface area contributed by atoms with Crippen LogP contribution < -0.4 is 15.4 Å². The van der Waals surface area contributed by atoms with Gasteiger partial charge in [-0.25, -0.2) is 4.98 Å². The summed E-state index contributed by atoms with van der Waals surface area (Å²) in [5.41, 5.74) is 3.89. The number of nitrogens with zero attached hydrogens (tertiary/aromatic N) is 1. The van der Waals surface area contributed by atoms with E-state index in [4.69, 9.17) is 4.74 Å². The molecule has 5 nitrogen and oxygen atoms in total. The van der Waals surface area contributed by atoms with Crippen molar-refractivity contribution in [1.82, 2.24) is 10.3 Å². The Kier molecular flexibility index (Phi) is 6.08. The van der Waals surface area contributed by atoms with Crippen molar-refractivity contribution in [2.45, 2.75) is 26.8 Å². The van der Waals surface area contributed by atoms with Gasteiger partial charge in [-0.05, 0) is 31.0 Å². The molecular formula is C21H23N3O2S. The Bertz CT molecular complexity index is 937. The van der Waals surface area contributed by atoms with Crippen LogP contribution in [0.3, 0.4) is 0 Å². The molecule has 6 heteroatoms. The third-order valence-corrected chi connectivity index (χ3v) is 5.35. The van der Waals surface area contributed by atoms with E-state index in [0.717, 1.165) is 28.6 Å². The molecule has 3 rings (SSSR count). The maximum atomic E-state index is 12.6. The van der Waals surface area contributed by atoms with Crippen molar-refractivity contribution in [3.05, 3.63) is 70.2 Å². The fraction of sp³-hybridized carbons (Fsp3) is 0.238. The van der Waals surface area contributed by atoms with Gasteiger partial charge in [0.2, 0.25) is 0 Å². The number of rotatable bonds is 7. The van der Waals surface area contributed by atoms with E-state index in [1.807, 2.05) is 49.4 Å². The number of ether oxygens (including phenoxy) is 1. The first kappa shape index (κ1) is 18.9. The van der Waals surface area contributed by atoms with E-state index in [1.165, 1.54) is 16.9 Å². The number of carbonyl (C=O) groups is 1. The van der Waals surface area contributed by atoms with E-state index < -0.39 is 0 Å². The second kappa shape index (κ2) is 8.68. The molecular weight excluding hydrogens is 358 g/mol. The number of benzene rings is 2. The Morgan fingerprint density at radius 2 is 1.81 bits per heavy atom. The van der Waals surface area contributed by atoms with Crippen molar-refractivity contribution in [2.24, 2.45) is 0 Å². The molecule has 0 aliphatic rings. The van der Waals surface area contributed by atoms with E-state index in [1.54, 1.807) is 7.11 Å². The summed E-state index contributed by atoms with van der Waals surface area (Å²) in [6, 6.07) is 15.8. The van der Waals surface area contributed by atoms with E-state index in [2.05, 4.69) is 28.6 Å². The molecule has 0 aliphatic heterocycles. The molecule has 0 bridgehead atoms. The van der Waals surface area contributed by atoms with Gasteiger partial charge in [0.1, 0.15) is 10.6 Å². The first-order valence-electron chi connectivity index (χ1n) is 8.84. The van der Waals surface area contributed by atoms with Gasteiger partial charge in [-0.15, -0.1) is 0 Å². The van der Waals surface area contributed by atoms with Gasteiger partial charge in [-0.3, -0.25) is 4.79 Å². The highest BCUT2D eigenvalue weighted by atomic mass is 32.1. The molecule has 1 aromatic heterocycles. The Labute approximate surface area is 163 Å². The summed E-state index contributed by atoms with van der Waals surface area (Å²) < 4.78 is 5.33. The zero-order valence-electron chi connectivity index (χ0n) is 15.7. The van der Waals surface area contributed by atoms with Crippen LogP contribution in [-0.2, 0) is 13.0 Å². The average Bonchev–Trinajstić information content (AvgIpc) is 3.07. The number of amides is 1. The molecule has 3 aromatic rings. The fourth-order valence-electron chi connectivity index (χ4n) is 2.83. The summed E-state index contributed by atoms with van der Waals surface area (Å²) in [6.45, 7) is 4.37. The van der Waals surface area contributed by atoms with Crippen LogP contribution in [0.25, 0.3) is 0 Å². The van der Waals surface area contributed by atoms with Gasteiger partial charge >= 0.3 is 0 Å². The summed E-state index contributed by atoms with van der Waals surface area (Å²) in [4.78, 5) is 17.7. The monoisotopic (exact) mass is 381 g/mol. The lowest BCUT2D eigenvalue weighted by atomic mass is 10.1. The highest BCUT2D eigenvalue weighted by Crippen LogP contribution is 2.28. The molecule has 0 saturated carbocycles. The molecule has 0 unspecified atom stereocenters. The summed E-state index contributed by atoms with van der Waals surface area (Å²) in [5.74, 6) is 0.630. The molecule has 1 heterocycles. The minimum absolute atomic E-state index is 0.132. The lowest BCUT2D eigenvalue weighted by molar-refractivity contribution is 0.0954. The highest BCUT2D eigenvalue weighted by Gasteiger charge is 2.16. The number of anilines is 2. The third kappa shape index (κ3) is 4.46. The van der Waals surface area contributed by atoms with Gasteiger partial charge in [0, 0.05) is 17.8 Å². The second-order valence-electron chi connectivity index (χ2n) is 6.06. The van der Waals surface area contributed by atoms with E-state index >= 15 is 0 Å². The normalized spacial score (nSPS) is 10.5. The lowest BCUT2D eigenvalue weighted by Crippen LogP contribution is -2.22. The van der Waals surface area contributed by atoms with Crippen LogP contribution >= 0.6 is 11.3 Å². The van der Waals surface area contributed by atoms with Crippen molar-refractivity contribution in [1.29, 1.82) is 0 Å². The minimum Gasteiger partial charge on any atom is -0.496 e. The van der Waals surface area contributed by atoms with Crippen LogP contribution in [0.15, 0.2) is 48.5 Å². The third-order valence-electron chi connectivity index (χ3n) is 4.27. The number of nitrogens with one attached hydrogen (secondary N) is 2. The molecule has 2 aromatic carbocycles. The largest absolute Gasteiger partial charge is 0.496 e. The number of aryl methyl sites for hydroxylation is 2. The molecule has 0 radical (unpaired) electrons. The van der Waals surface area contributed by atoms with Crippen molar-refractivity contribution in [2.75, 3.05) is 12.4 Å². The smallest absolute Gasteiger partial charge is 0.263 e. The predicted molar refractivity (Wildman–Crippen MR) is 110 cm³/mol. The summed E-state index contributed by atoms with van der Waals surface area (Å²) in [6.07, 6.45) is 0.930. The molecule has 0 saturated heterocycles. The van der Waals surface area contributed by atoms with Gasteiger partial charge in [0.25, 0.3) is 5.91 Å². The van der Waals surface area contributed by atoms with Crippen molar-refractivity contribution >= 4 is 28.1 Å². The highest BCUT2D eigenvalue weighted by molar-refractivity contribution is 7.17. The van der Waals surface area contributed by atoms with E-state index in [-0.39, 0.29) is 5.91 Å². The Morgan fingerprint density at radius 3 is 2.56 bits per heavy atom. The van der Waals surface area contributed by atoms with Crippen molar-refractivity contribution < 1.29 is 9.53 Å². The second-order valence-corrected chi connectivity index (χ2v) is 7.06. The van der Waals surface area contributed by atoms with Crippen LogP contribution in [0.2, 0.25) is 0 Å². The maximum Gasteiger partial charge on any atom is 0.263 e. The zero-order chi connectivity index (χ0) is 19.2. The quantitative estimate of drug-likeness (QED) is 0.623. The van der Waals surface area contributed by atoms with Crippen LogP contribution in [0.5, 0.6) is 5.75 Å². The van der Waals surface area contributed by atoms with Crippen molar-refractivity contribution in [3.8, 4) is 5.75 Å². The van der Waals surface area contributed by atoms with Crippen LogP contribution in [0.1, 0.15) is 33.4 Å². The Balaban J connectivity index is 1.71. The summed E-state index contributed by atoms with van der Waals surface area (Å²) in [7, 11) is 1.63.